The van der Waals surface area contributed by atoms with Crippen LogP contribution in [0.1, 0.15) is 31.9 Å². The molecule has 0 saturated heterocycles. The van der Waals surface area contributed by atoms with Crippen molar-refractivity contribution in [3.8, 4) is 0 Å². The molecule has 0 aromatic heterocycles. The van der Waals surface area contributed by atoms with Gasteiger partial charge in [0.1, 0.15) is 0 Å². The molecule has 1 heteroatoms. The number of hydrogen-bond donors (Lipinski definition) is 0. The van der Waals surface area contributed by atoms with Gasteiger partial charge in [-0.25, -0.2) is 0 Å². The minimum absolute atomic E-state index is 0.262. The molecule has 0 spiro atoms. The van der Waals surface area contributed by atoms with Crippen LogP contribution >= 0.6 is 15.9 Å². The normalized spacial score (nSPS) is 11.7. The predicted octanol–water partition coefficient (Wildman–Crippen LogP) is 3.88. The largest absolute Gasteiger partial charge is 0.0876 e. The summed E-state index contributed by atoms with van der Waals surface area (Å²) in [6, 6.07) is 8.71. The maximum absolute atomic E-state index is 3.46. The van der Waals surface area contributed by atoms with Crippen LogP contribution < -0.4 is 0 Å². The summed E-state index contributed by atoms with van der Waals surface area (Å²) in [6.07, 6.45) is 0. The average molecular weight is 227 g/mol. The van der Waals surface area contributed by atoms with E-state index in [1.54, 1.807) is 0 Å². The topological polar surface area (TPSA) is 0 Å². The van der Waals surface area contributed by atoms with Crippen molar-refractivity contribution in [1.82, 2.24) is 0 Å². The number of halogens is 1. The molecular weight excluding hydrogens is 212 g/mol. The third kappa shape index (κ3) is 2.34. The van der Waals surface area contributed by atoms with Gasteiger partial charge < -0.3 is 0 Å². The first kappa shape index (κ1) is 9.79. The van der Waals surface area contributed by atoms with Gasteiger partial charge in [-0.3, -0.25) is 0 Å². The van der Waals surface area contributed by atoms with E-state index in [0.717, 1.165) is 5.33 Å². The van der Waals surface area contributed by atoms with Crippen LogP contribution in [0.3, 0.4) is 0 Å². The fourth-order valence-electron chi connectivity index (χ4n) is 1.12. The van der Waals surface area contributed by atoms with Crippen LogP contribution in [0, 0.1) is 0 Å². The summed E-state index contributed by atoms with van der Waals surface area (Å²) in [5.41, 5.74) is 3.01. The fourth-order valence-corrected chi connectivity index (χ4v) is 1.47. The highest BCUT2D eigenvalue weighted by Crippen LogP contribution is 2.23. The zero-order valence-electron chi connectivity index (χ0n) is 7.89. The SMILES string of the molecule is CC(C)(C)c1cccc(CBr)c1. The first-order valence-corrected chi connectivity index (χ1v) is 5.31. The Morgan fingerprint density at radius 3 is 2.42 bits per heavy atom. The highest BCUT2D eigenvalue weighted by atomic mass is 79.9. The molecule has 1 aromatic rings. The van der Waals surface area contributed by atoms with Gasteiger partial charge in [0.25, 0.3) is 0 Å². The highest BCUT2D eigenvalue weighted by molar-refractivity contribution is 9.08. The Kier molecular flexibility index (Phi) is 2.94. The van der Waals surface area contributed by atoms with Gasteiger partial charge in [-0.2, -0.15) is 0 Å². The molecule has 0 unspecified atom stereocenters. The van der Waals surface area contributed by atoms with Crippen LogP contribution in [0.2, 0.25) is 0 Å². The predicted molar refractivity (Wildman–Crippen MR) is 57.8 cm³/mol. The second kappa shape index (κ2) is 3.61. The first-order valence-electron chi connectivity index (χ1n) is 4.19. The van der Waals surface area contributed by atoms with Gasteiger partial charge in [0, 0.05) is 5.33 Å². The average Bonchev–Trinajstić information content (AvgIpc) is 2.03. The smallest absolute Gasteiger partial charge is 0.0283 e. The van der Waals surface area contributed by atoms with Gasteiger partial charge in [0.2, 0.25) is 0 Å². The standard InChI is InChI=1S/C11H15Br/c1-11(2,3)10-6-4-5-9(7-10)8-12/h4-7H,8H2,1-3H3. The Hall–Kier alpha value is -0.300. The van der Waals surface area contributed by atoms with Gasteiger partial charge in [0.15, 0.2) is 0 Å². The monoisotopic (exact) mass is 226 g/mol. The first-order chi connectivity index (χ1) is 5.54. The highest BCUT2D eigenvalue weighted by Gasteiger charge is 2.12. The molecule has 0 atom stereocenters. The summed E-state index contributed by atoms with van der Waals surface area (Å²) in [6.45, 7) is 6.71. The van der Waals surface area contributed by atoms with Crippen LogP contribution in [-0.2, 0) is 10.7 Å². The molecule has 0 amide bonds. The van der Waals surface area contributed by atoms with E-state index in [4.69, 9.17) is 0 Å². The molecule has 0 aliphatic heterocycles. The maximum atomic E-state index is 3.46. The zero-order chi connectivity index (χ0) is 9.19. The Bertz CT molecular complexity index is 258. The molecule has 0 saturated carbocycles. The molecule has 0 aliphatic rings. The van der Waals surface area contributed by atoms with Crippen LogP contribution in [0.25, 0.3) is 0 Å². The lowest BCUT2D eigenvalue weighted by molar-refractivity contribution is 0.589. The van der Waals surface area contributed by atoms with Crippen molar-refractivity contribution in [2.24, 2.45) is 0 Å². The number of alkyl halides is 1. The van der Waals surface area contributed by atoms with Crippen molar-refractivity contribution in [2.45, 2.75) is 31.5 Å². The van der Waals surface area contributed by atoms with Gasteiger partial charge in [-0.1, -0.05) is 61.0 Å². The van der Waals surface area contributed by atoms with Gasteiger partial charge >= 0.3 is 0 Å². The van der Waals surface area contributed by atoms with E-state index >= 15 is 0 Å². The van der Waals surface area contributed by atoms with Gasteiger partial charge in [-0.15, -0.1) is 0 Å². The molecule has 12 heavy (non-hydrogen) atoms. The van der Waals surface area contributed by atoms with E-state index in [0.29, 0.717) is 0 Å². The summed E-state index contributed by atoms with van der Waals surface area (Å²) in [5, 5.41) is 0.941. The summed E-state index contributed by atoms with van der Waals surface area (Å²) >= 11 is 3.46. The Morgan fingerprint density at radius 1 is 1.25 bits per heavy atom. The van der Waals surface area contributed by atoms with Crippen LogP contribution in [0.5, 0.6) is 0 Å². The van der Waals surface area contributed by atoms with Crippen molar-refractivity contribution < 1.29 is 0 Å². The van der Waals surface area contributed by atoms with Crippen molar-refractivity contribution >= 4 is 15.9 Å². The van der Waals surface area contributed by atoms with E-state index < -0.39 is 0 Å². The van der Waals surface area contributed by atoms with Crippen LogP contribution in [0.4, 0.5) is 0 Å². The summed E-state index contributed by atoms with van der Waals surface area (Å²) in [7, 11) is 0. The second-order valence-corrected chi connectivity index (χ2v) is 4.64. The lowest BCUT2D eigenvalue weighted by atomic mass is 9.86. The maximum Gasteiger partial charge on any atom is 0.0283 e. The second-order valence-electron chi connectivity index (χ2n) is 4.08. The lowest BCUT2D eigenvalue weighted by Crippen LogP contribution is -2.10. The molecule has 1 rings (SSSR count). The fraction of sp³-hybridized carbons (Fsp3) is 0.455. The lowest BCUT2D eigenvalue weighted by Gasteiger charge is -2.19. The van der Waals surface area contributed by atoms with E-state index in [9.17, 15) is 0 Å². The zero-order valence-corrected chi connectivity index (χ0v) is 9.48. The van der Waals surface area contributed by atoms with Gasteiger partial charge in [0.05, 0.1) is 0 Å². The molecule has 0 N–H and O–H groups in total. The molecule has 0 bridgehead atoms. The van der Waals surface area contributed by atoms with Crippen molar-refractivity contribution in [3.05, 3.63) is 35.4 Å². The molecule has 1 aromatic carbocycles. The third-order valence-electron chi connectivity index (χ3n) is 1.95. The summed E-state index contributed by atoms with van der Waals surface area (Å²) in [5.74, 6) is 0. The molecule has 0 fully saturated rings. The molecule has 0 nitrogen and oxygen atoms in total. The Morgan fingerprint density at radius 2 is 1.92 bits per heavy atom. The van der Waals surface area contributed by atoms with Gasteiger partial charge in [-0.05, 0) is 16.5 Å². The van der Waals surface area contributed by atoms with Crippen LogP contribution in [0.15, 0.2) is 24.3 Å². The quantitative estimate of drug-likeness (QED) is 0.638. The van der Waals surface area contributed by atoms with E-state index in [-0.39, 0.29) is 5.41 Å². The number of hydrogen-bond acceptors (Lipinski definition) is 0. The summed E-state index contributed by atoms with van der Waals surface area (Å²) in [4.78, 5) is 0. The molecule has 0 aliphatic carbocycles. The van der Waals surface area contributed by atoms with E-state index in [1.807, 2.05) is 0 Å². The molecular formula is C11H15Br. The van der Waals surface area contributed by atoms with Crippen molar-refractivity contribution in [1.29, 1.82) is 0 Å². The molecule has 0 heterocycles. The minimum Gasteiger partial charge on any atom is -0.0876 e. The minimum atomic E-state index is 0.262. The number of rotatable bonds is 1. The van der Waals surface area contributed by atoms with E-state index in [1.165, 1.54) is 11.1 Å². The Balaban J connectivity index is 3.02. The van der Waals surface area contributed by atoms with Crippen LogP contribution in [-0.4, -0.2) is 0 Å². The van der Waals surface area contributed by atoms with Crippen molar-refractivity contribution in [2.75, 3.05) is 0 Å². The van der Waals surface area contributed by atoms with E-state index in [2.05, 4.69) is 61.0 Å². The third-order valence-corrected chi connectivity index (χ3v) is 2.59. The summed E-state index contributed by atoms with van der Waals surface area (Å²) < 4.78 is 0. The molecule has 0 radical (unpaired) electrons. The van der Waals surface area contributed by atoms with Crippen molar-refractivity contribution in [3.63, 3.8) is 0 Å². The molecule has 66 valence electrons. The number of benzene rings is 1. The Labute approximate surface area is 83.1 Å².